The Bertz CT molecular complexity index is 421. The summed E-state index contributed by atoms with van der Waals surface area (Å²) in [5.74, 6) is 0. The third-order valence-corrected chi connectivity index (χ3v) is 5.79. The zero-order valence-corrected chi connectivity index (χ0v) is 12.7. The lowest BCUT2D eigenvalue weighted by Crippen LogP contribution is -1.96. The molecular formula is C13H19O3PS. The third-order valence-electron chi connectivity index (χ3n) is 2.17. The van der Waals surface area contributed by atoms with E-state index in [0.717, 1.165) is 5.56 Å². The van der Waals surface area contributed by atoms with Gasteiger partial charge in [-0.1, -0.05) is 30.3 Å². The lowest BCUT2D eigenvalue weighted by atomic mass is 10.2. The van der Waals surface area contributed by atoms with Crippen LogP contribution in [0.25, 0.3) is 6.08 Å². The van der Waals surface area contributed by atoms with Gasteiger partial charge in [-0.15, -0.1) is 11.8 Å². The maximum absolute atomic E-state index is 12.6. The summed E-state index contributed by atoms with van der Waals surface area (Å²) in [7, 11) is -3.17. The van der Waals surface area contributed by atoms with Crippen molar-refractivity contribution in [2.45, 2.75) is 13.8 Å². The van der Waals surface area contributed by atoms with Crippen molar-refractivity contribution in [1.29, 1.82) is 0 Å². The largest absolute Gasteiger partial charge is 0.367 e. The van der Waals surface area contributed by atoms with E-state index in [1.165, 1.54) is 11.8 Å². The minimum absolute atomic E-state index is 0.365. The molecule has 1 aromatic rings. The molecule has 0 spiro atoms. The van der Waals surface area contributed by atoms with E-state index < -0.39 is 7.60 Å². The molecule has 0 aliphatic rings. The van der Waals surface area contributed by atoms with Crippen molar-refractivity contribution < 1.29 is 13.6 Å². The fourth-order valence-electron chi connectivity index (χ4n) is 1.45. The average Bonchev–Trinajstić information content (AvgIpc) is 2.37. The van der Waals surface area contributed by atoms with Gasteiger partial charge >= 0.3 is 7.60 Å². The monoisotopic (exact) mass is 286 g/mol. The van der Waals surface area contributed by atoms with E-state index in [1.54, 1.807) is 0 Å². The van der Waals surface area contributed by atoms with Crippen LogP contribution in [0.3, 0.4) is 0 Å². The second-order valence-corrected chi connectivity index (χ2v) is 6.57. The molecule has 100 valence electrons. The first kappa shape index (κ1) is 15.5. The van der Waals surface area contributed by atoms with Gasteiger partial charge in [0.25, 0.3) is 0 Å². The Morgan fingerprint density at radius 1 is 1.22 bits per heavy atom. The van der Waals surface area contributed by atoms with Crippen LogP contribution in [-0.2, 0) is 13.6 Å². The van der Waals surface area contributed by atoms with E-state index in [2.05, 4.69) is 0 Å². The Balaban J connectivity index is 3.06. The van der Waals surface area contributed by atoms with Crippen LogP contribution in [0.2, 0.25) is 0 Å². The van der Waals surface area contributed by atoms with Gasteiger partial charge in [0.05, 0.1) is 17.9 Å². The second kappa shape index (κ2) is 7.80. The summed E-state index contributed by atoms with van der Waals surface area (Å²) in [6, 6.07) is 9.74. The van der Waals surface area contributed by atoms with Crippen LogP contribution in [0, 0.1) is 0 Å². The smallest absolute Gasteiger partial charge is 0.305 e. The van der Waals surface area contributed by atoms with Crippen molar-refractivity contribution >= 4 is 25.4 Å². The van der Waals surface area contributed by atoms with E-state index in [0.29, 0.717) is 17.9 Å². The molecule has 0 heterocycles. The number of thioether (sulfide) groups is 1. The Kier molecular flexibility index (Phi) is 6.72. The molecule has 18 heavy (non-hydrogen) atoms. The van der Waals surface area contributed by atoms with Gasteiger partial charge in [0.2, 0.25) is 0 Å². The Morgan fingerprint density at radius 2 is 1.78 bits per heavy atom. The van der Waals surface area contributed by atoms with Gasteiger partial charge in [0.1, 0.15) is 0 Å². The van der Waals surface area contributed by atoms with E-state index in [-0.39, 0.29) is 0 Å². The molecule has 0 amide bonds. The van der Waals surface area contributed by atoms with Gasteiger partial charge in [-0.25, -0.2) is 0 Å². The predicted octanol–water partition coefficient (Wildman–Crippen LogP) is 4.61. The van der Waals surface area contributed by atoms with Gasteiger partial charge in [-0.3, -0.25) is 4.57 Å². The summed E-state index contributed by atoms with van der Waals surface area (Å²) < 4.78 is 23.9. The summed E-state index contributed by atoms with van der Waals surface area (Å²) in [5.41, 5.74) is 0.987. The molecule has 0 radical (unpaired) electrons. The number of benzene rings is 1. The van der Waals surface area contributed by atoms with Gasteiger partial charge < -0.3 is 9.05 Å². The SMILES string of the molecule is CCOP(=O)(OCC)C(=Cc1ccccc1)SC. The van der Waals surface area contributed by atoms with Crippen molar-refractivity contribution in [2.24, 2.45) is 0 Å². The molecule has 1 rings (SSSR count). The molecule has 0 bridgehead atoms. The molecule has 5 heteroatoms. The van der Waals surface area contributed by atoms with E-state index in [1.807, 2.05) is 56.5 Å². The first-order valence-corrected chi connectivity index (χ1v) is 8.63. The summed E-state index contributed by atoms with van der Waals surface area (Å²) in [6.07, 6.45) is 3.73. The first-order valence-electron chi connectivity index (χ1n) is 5.86. The Labute approximate surface area is 113 Å². The van der Waals surface area contributed by atoms with Crippen molar-refractivity contribution in [2.75, 3.05) is 19.5 Å². The number of hydrogen-bond donors (Lipinski definition) is 0. The quantitative estimate of drug-likeness (QED) is 0.685. The molecule has 0 unspecified atom stereocenters. The maximum Gasteiger partial charge on any atom is 0.367 e. The van der Waals surface area contributed by atoms with Crippen LogP contribution in [0.5, 0.6) is 0 Å². The van der Waals surface area contributed by atoms with Crippen LogP contribution in [-0.4, -0.2) is 19.5 Å². The van der Waals surface area contributed by atoms with Crippen LogP contribution in [0.4, 0.5) is 0 Å². The fraction of sp³-hybridized carbons (Fsp3) is 0.385. The topological polar surface area (TPSA) is 35.5 Å². The van der Waals surface area contributed by atoms with Crippen molar-refractivity contribution in [3.63, 3.8) is 0 Å². The number of rotatable bonds is 7. The van der Waals surface area contributed by atoms with E-state index >= 15 is 0 Å². The molecule has 0 N–H and O–H groups in total. The Hall–Kier alpha value is -0.540. The Morgan fingerprint density at radius 3 is 2.22 bits per heavy atom. The third kappa shape index (κ3) is 4.29. The molecule has 3 nitrogen and oxygen atoms in total. The molecule has 0 aliphatic heterocycles. The summed E-state index contributed by atoms with van der Waals surface area (Å²) in [6.45, 7) is 4.35. The van der Waals surface area contributed by atoms with Gasteiger partial charge in [-0.2, -0.15) is 0 Å². The first-order chi connectivity index (χ1) is 8.66. The highest BCUT2D eigenvalue weighted by molar-refractivity contribution is 8.09. The van der Waals surface area contributed by atoms with Crippen LogP contribution >= 0.6 is 19.4 Å². The summed E-state index contributed by atoms with van der Waals surface area (Å²) in [5, 5.41) is 0. The molecule has 0 aromatic heterocycles. The molecule has 1 aromatic carbocycles. The van der Waals surface area contributed by atoms with Crippen molar-refractivity contribution in [3.05, 3.63) is 40.5 Å². The lowest BCUT2D eigenvalue weighted by molar-refractivity contribution is 0.228. The van der Waals surface area contributed by atoms with Crippen LogP contribution in [0.15, 0.2) is 35.0 Å². The second-order valence-electron chi connectivity index (χ2n) is 3.43. The minimum Gasteiger partial charge on any atom is -0.305 e. The highest BCUT2D eigenvalue weighted by Gasteiger charge is 2.28. The fourth-order valence-corrected chi connectivity index (χ4v) is 4.23. The molecule has 0 fully saturated rings. The van der Waals surface area contributed by atoms with Crippen molar-refractivity contribution in [3.8, 4) is 0 Å². The molecule has 0 saturated heterocycles. The minimum atomic E-state index is -3.17. The maximum atomic E-state index is 12.6. The molecule has 0 aliphatic carbocycles. The van der Waals surface area contributed by atoms with Crippen LogP contribution in [0.1, 0.15) is 19.4 Å². The highest BCUT2D eigenvalue weighted by atomic mass is 32.2. The average molecular weight is 286 g/mol. The van der Waals surface area contributed by atoms with Crippen LogP contribution < -0.4 is 0 Å². The van der Waals surface area contributed by atoms with Gasteiger partial charge in [0.15, 0.2) is 0 Å². The zero-order valence-electron chi connectivity index (χ0n) is 11.0. The summed E-state index contributed by atoms with van der Waals surface area (Å²) in [4.78, 5) is 0. The highest BCUT2D eigenvalue weighted by Crippen LogP contribution is 2.60. The zero-order chi connectivity index (χ0) is 13.4. The molecule has 0 atom stereocenters. The summed E-state index contributed by atoms with van der Waals surface area (Å²) >= 11 is 1.40. The van der Waals surface area contributed by atoms with Crippen molar-refractivity contribution in [1.82, 2.24) is 0 Å². The van der Waals surface area contributed by atoms with E-state index in [9.17, 15) is 4.57 Å². The van der Waals surface area contributed by atoms with E-state index in [4.69, 9.17) is 9.05 Å². The standard InChI is InChI=1S/C13H19O3PS/c1-4-15-17(14,16-5-2)13(18-3)11-12-9-7-6-8-10-12/h6-11H,4-5H2,1-3H3. The number of hydrogen-bond acceptors (Lipinski definition) is 4. The lowest BCUT2D eigenvalue weighted by Gasteiger charge is -2.18. The molecule has 0 saturated carbocycles. The molecular weight excluding hydrogens is 267 g/mol. The normalized spacial score (nSPS) is 12.7. The predicted molar refractivity (Wildman–Crippen MR) is 78.8 cm³/mol. The van der Waals surface area contributed by atoms with Gasteiger partial charge in [0, 0.05) is 0 Å². The van der Waals surface area contributed by atoms with Gasteiger partial charge in [-0.05, 0) is 31.7 Å².